The first kappa shape index (κ1) is 24.9. The highest BCUT2D eigenvalue weighted by Gasteiger charge is 2.14. The van der Waals surface area contributed by atoms with Crippen molar-refractivity contribution in [3.05, 3.63) is 156 Å². The fraction of sp³-hybridized carbons (Fsp3) is 0. The summed E-state index contributed by atoms with van der Waals surface area (Å²) in [5, 5.41) is 17.8. The number of amidine groups is 2. The number of rotatable bonds is 3. The Hall–Kier alpha value is -5.87. The molecule has 0 saturated carbocycles. The minimum absolute atomic E-state index is 0.139. The Labute approximate surface area is 247 Å². The molecular formula is C39H25N3O. The van der Waals surface area contributed by atoms with E-state index in [1.807, 2.05) is 72.9 Å². The summed E-state index contributed by atoms with van der Waals surface area (Å²) in [7, 11) is 0. The van der Waals surface area contributed by atoms with Gasteiger partial charge in [-0.15, -0.1) is 0 Å². The van der Waals surface area contributed by atoms with Crippen molar-refractivity contribution < 1.29 is 4.42 Å². The number of furan rings is 1. The molecule has 8 aromatic rings. The van der Waals surface area contributed by atoms with Crippen LogP contribution in [0.15, 0.2) is 154 Å². The van der Waals surface area contributed by atoms with Gasteiger partial charge in [0.05, 0.1) is 0 Å². The molecule has 0 radical (unpaired) electrons. The minimum Gasteiger partial charge on any atom is -0.455 e. The van der Waals surface area contributed by atoms with Gasteiger partial charge in [-0.3, -0.25) is 5.41 Å². The van der Waals surface area contributed by atoms with E-state index in [9.17, 15) is 0 Å². The van der Waals surface area contributed by atoms with Gasteiger partial charge < -0.3 is 4.42 Å². The molecule has 8 rings (SSSR count). The van der Waals surface area contributed by atoms with Gasteiger partial charge in [-0.2, -0.15) is 0 Å². The summed E-state index contributed by atoms with van der Waals surface area (Å²) in [6, 6.07) is 47.1. The lowest BCUT2D eigenvalue weighted by Gasteiger charge is -2.08. The maximum absolute atomic E-state index is 9.17. The normalized spacial score (nSPS) is 12.3. The van der Waals surface area contributed by atoms with Gasteiger partial charge in [0, 0.05) is 33.5 Å². The number of hydrogen-bond acceptors (Lipinski definition) is 2. The Bertz CT molecular complexity index is 2430. The van der Waals surface area contributed by atoms with Gasteiger partial charge in [0.2, 0.25) is 0 Å². The number of para-hydroxylation sites is 1. The first-order chi connectivity index (χ1) is 21.2. The molecule has 4 heteroatoms. The summed E-state index contributed by atoms with van der Waals surface area (Å²) in [6.45, 7) is 0. The second kappa shape index (κ2) is 10.2. The van der Waals surface area contributed by atoms with Gasteiger partial charge in [-0.25, -0.2) is 9.98 Å². The number of benzene rings is 7. The highest BCUT2D eigenvalue weighted by Crippen LogP contribution is 2.35. The molecule has 43 heavy (non-hydrogen) atoms. The topological polar surface area (TPSA) is 61.7 Å². The van der Waals surface area contributed by atoms with E-state index in [0.29, 0.717) is 5.84 Å². The molecule has 0 bridgehead atoms. The molecule has 0 saturated heterocycles. The SMILES string of the molecule is N=C(N=C(N=Cc1ccc2ccccc2c1)c1ccc2ccccc2c1)c1cccc2c1ccc1c3ccccc3oc21. The zero-order chi connectivity index (χ0) is 28.8. The molecule has 0 fully saturated rings. The van der Waals surface area contributed by atoms with Crippen LogP contribution in [-0.4, -0.2) is 17.9 Å². The standard InChI is InChI=1S/C39H25N3O/c40-38(35-14-7-13-33-31(35)20-21-34-32-12-5-6-15-36(32)43-37(33)34)42-39(30-19-18-27-9-2-4-11-29(27)23-30)41-24-25-16-17-26-8-1-3-10-28(26)22-25/h1-24,40H. The Morgan fingerprint density at radius 3 is 2.05 bits per heavy atom. The van der Waals surface area contributed by atoms with Crippen molar-refractivity contribution in [2.24, 2.45) is 9.98 Å². The van der Waals surface area contributed by atoms with Crippen LogP contribution in [0.3, 0.4) is 0 Å². The molecule has 7 aromatic carbocycles. The van der Waals surface area contributed by atoms with Gasteiger partial charge in [0.15, 0.2) is 11.7 Å². The molecule has 1 aromatic heterocycles. The third-order valence-electron chi connectivity index (χ3n) is 7.99. The molecule has 0 aliphatic rings. The third-order valence-corrected chi connectivity index (χ3v) is 7.99. The van der Waals surface area contributed by atoms with E-state index in [1.165, 1.54) is 5.39 Å². The number of hydrogen-bond donors (Lipinski definition) is 1. The van der Waals surface area contributed by atoms with Gasteiger partial charge >= 0.3 is 0 Å². The molecule has 0 atom stereocenters. The van der Waals surface area contributed by atoms with Crippen molar-refractivity contribution in [3.63, 3.8) is 0 Å². The monoisotopic (exact) mass is 551 g/mol. The average molecular weight is 552 g/mol. The van der Waals surface area contributed by atoms with Gasteiger partial charge in [-0.05, 0) is 56.8 Å². The smallest absolute Gasteiger partial charge is 0.161 e. The maximum Gasteiger partial charge on any atom is 0.161 e. The van der Waals surface area contributed by atoms with Crippen LogP contribution in [0, 0.1) is 5.41 Å². The van der Waals surface area contributed by atoms with Crippen LogP contribution in [0.4, 0.5) is 0 Å². The largest absolute Gasteiger partial charge is 0.455 e. The highest BCUT2D eigenvalue weighted by atomic mass is 16.3. The molecule has 0 spiro atoms. The van der Waals surface area contributed by atoms with Crippen LogP contribution in [-0.2, 0) is 0 Å². The first-order valence-corrected chi connectivity index (χ1v) is 14.2. The summed E-state index contributed by atoms with van der Waals surface area (Å²) in [5.74, 6) is 0.616. The maximum atomic E-state index is 9.17. The van der Waals surface area contributed by atoms with E-state index < -0.39 is 0 Å². The Balaban J connectivity index is 1.26. The van der Waals surface area contributed by atoms with E-state index in [1.54, 1.807) is 0 Å². The van der Waals surface area contributed by atoms with Crippen LogP contribution < -0.4 is 0 Å². The molecule has 0 amide bonds. The van der Waals surface area contributed by atoms with E-state index in [0.717, 1.165) is 65.6 Å². The van der Waals surface area contributed by atoms with Crippen molar-refractivity contribution >= 4 is 72.1 Å². The van der Waals surface area contributed by atoms with Crippen LogP contribution in [0.5, 0.6) is 0 Å². The Morgan fingerprint density at radius 1 is 0.558 bits per heavy atom. The highest BCUT2D eigenvalue weighted by molar-refractivity contribution is 6.21. The number of nitrogens with zero attached hydrogens (tertiary/aromatic N) is 2. The molecule has 0 unspecified atom stereocenters. The number of nitrogens with one attached hydrogen (secondary N) is 1. The predicted octanol–water partition coefficient (Wildman–Crippen LogP) is 9.94. The molecule has 0 aliphatic heterocycles. The zero-order valence-electron chi connectivity index (χ0n) is 23.2. The van der Waals surface area contributed by atoms with Crippen LogP contribution in [0.2, 0.25) is 0 Å². The summed E-state index contributed by atoms with van der Waals surface area (Å²) >= 11 is 0. The van der Waals surface area contributed by atoms with Crippen molar-refractivity contribution in [3.8, 4) is 0 Å². The van der Waals surface area contributed by atoms with Crippen molar-refractivity contribution in [1.29, 1.82) is 5.41 Å². The summed E-state index contributed by atoms with van der Waals surface area (Å²) in [6.07, 6.45) is 1.83. The average Bonchev–Trinajstić information content (AvgIpc) is 3.45. The molecule has 0 aliphatic carbocycles. The fourth-order valence-electron chi connectivity index (χ4n) is 5.83. The van der Waals surface area contributed by atoms with Crippen molar-refractivity contribution in [1.82, 2.24) is 0 Å². The minimum atomic E-state index is 0.139. The quantitative estimate of drug-likeness (QED) is 0.172. The van der Waals surface area contributed by atoms with Crippen LogP contribution >= 0.6 is 0 Å². The summed E-state index contributed by atoms with van der Waals surface area (Å²) in [4.78, 5) is 9.71. The Kier molecular flexibility index (Phi) is 5.90. The van der Waals surface area contributed by atoms with Gasteiger partial charge in [0.25, 0.3) is 0 Å². The van der Waals surface area contributed by atoms with E-state index >= 15 is 0 Å². The molecule has 1 heterocycles. The summed E-state index contributed by atoms with van der Waals surface area (Å²) < 4.78 is 6.28. The molecular weight excluding hydrogens is 526 g/mol. The van der Waals surface area contributed by atoms with Crippen molar-refractivity contribution in [2.45, 2.75) is 0 Å². The molecule has 4 nitrogen and oxygen atoms in total. The van der Waals surface area contributed by atoms with Crippen LogP contribution in [0.1, 0.15) is 16.7 Å². The van der Waals surface area contributed by atoms with E-state index in [-0.39, 0.29) is 5.84 Å². The lowest BCUT2D eigenvalue weighted by atomic mass is 10.0. The first-order valence-electron chi connectivity index (χ1n) is 14.2. The van der Waals surface area contributed by atoms with Crippen molar-refractivity contribution in [2.75, 3.05) is 0 Å². The van der Waals surface area contributed by atoms with E-state index in [4.69, 9.17) is 19.8 Å². The fourth-order valence-corrected chi connectivity index (χ4v) is 5.83. The lowest BCUT2D eigenvalue weighted by Crippen LogP contribution is -2.05. The number of fused-ring (bicyclic) bond motifs is 7. The predicted molar refractivity (Wildman–Crippen MR) is 180 cm³/mol. The second-order valence-corrected chi connectivity index (χ2v) is 10.7. The summed E-state index contributed by atoms with van der Waals surface area (Å²) in [5.41, 5.74) is 4.21. The van der Waals surface area contributed by atoms with Gasteiger partial charge in [-0.1, -0.05) is 115 Å². The lowest BCUT2D eigenvalue weighted by molar-refractivity contribution is 0.672. The van der Waals surface area contributed by atoms with Crippen LogP contribution in [0.25, 0.3) is 54.3 Å². The molecule has 1 N–H and O–H groups in total. The van der Waals surface area contributed by atoms with Gasteiger partial charge in [0.1, 0.15) is 11.2 Å². The van der Waals surface area contributed by atoms with E-state index in [2.05, 4.69) is 72.8 Å². The zero-order valence-corrected chi connectivity index (χ0v) is 23.2. The number of aliphatic imine (C=N–C) groups is 2. The second-order valence-electron chi connectivity index (χ2n) is 10.7. The molecule has 202 valence electrons. The third kappa shape index (κ3) is 4.46. The Morgan fingerprint density at radius 2 is 1.21 bits per heavy atom.